The summed E-state index contributed by atoms with van der Waals surface area (Å²) in [6.45, 7) is 5.49. The zero-order valence-corrected chi connectivity index (χ0v) is 16.3. The van der Waals surface area contributed by atoms with Gasteiger partial charge in [-0.15, -0.1) is 0 Å². The summed E-state index contributed by atoms with van der Waals surface area (Å²) in [4.78, 5) is 27.1. The minimum absolute atomic E-state index is 0.0814. The Morgan fingerprint density at radius 1 is 1.32 bits per heavy atom. The lowest BCUT2D eigenvalue weighted by Crippen LogP contribution is -2.52. The number of benzene rings is 1. The SMILES string of the molecule is CC(C)(C)OC(=O)N1[C@H]2CC[C@@H](C2)[C@H]1C(=O)Nc1ccc(Br)cc1N. The van der Waals surface area contributed by atoms with Crippen LogP contribution in [0.15, 0.2) is 22.7 Å². The predicted molar refractivity (Wildman–Crippen MR) is 100 cm³/mol. The van der Waals surface area contributed by atoms with Crippen molar-refractivity contribution in [3.05, 3.63) is 22.7 Å². The number of rotatable bonds is 2. The molecule has 0 aromatic heterocycles. The monoisotopic (exact) mass is 409 g/mol. The standard InChI is InChI=1S/C18H24BrN3O3/c1-18(2,3)25-17(24)22-12-6-4-10(8-12)15(22)16(23)21-14-7-5-11(19)9-13(14)20/h5,7,9-10,12,15H,4,6,8,20H2,1-3H3,(H,21,23)/t10-,12-,15-/m0/s1. The molecule has 0 spiro atoms. The van der Waals surface area contributed by atoms with E-state index in [1.165, 1.54) is 0 Å². The van der Waals surface area contributed by atoms with Crippen molar-refractivity contribution in [1.82, 2.24) is 4.90 Å². The van der Waals surface area contributed by atoms with Crippen LogP contribution in [0, 0.1) is 5.92 Å². The van der Waals surface area contributed by atoms with Gasteiger partial charge in [0.2, 0.25) is 5.91 Å². The molecule has 2 bridgehead atoms. The first-order chi connectivity index (χ1) is 11.7. The highest BCUT2D eigenvalue weighted by atomic mass is 79.9. The minimum atomic E-state index is -0.587. The maximum atomic E-state index is 12.9. The second kappa shape index (κ2) is 6.52. The third-order valence-corrected chi connectivity index (χ3v) is 5.22. The van der Waals surface area contributed by atoms with Crippen LogP contribution in [-0.2, 0) is 9.53 Å². The van der Waals surface area contributed by atoms with E-state index in [4.69, 9.17) is 10.5 Å². The smallest absolute Gasteiger partial charge is 0.411 e. The van der Waals surface area contributed by atoms with Crippen LogP contribution in [-0.4, -0.2) is 34.6 Å². The Labute approximate surface area is 156 Å². The molecule has 7 heteroatoms. The minimum Gasteiger partial charge on any atom is -0.444 e. The molecule has 136 valence electrons. The fourth-order valence-corrected chi connectivity index (χ4v) is 4.14. The number of hydrogen-bond donors (Lipinski definition) is 2. The first-order valence-electron chi connectivity index (χ1n) is 8.53. The van der Waals surface area contributed by atoms with Gasteiger partial charge in [0.05, 0.1) is 11.4 Å². The van der Waals surface area contributed by atoms with Crippen LogP contribution in [0.5, 0.6) is 0 Å². The Balaban J connectivity index is 1.78. The summed E-state index contributed by atoms with van der Waals surface area (Å²) in [6, 6.07) is 4.89. The van der Waals surface area contributed by atoms with Gasteiger partial charge in [-0.2, -0.15) is 0 Å². The Morgan fingerprint density at radius 3 is 2.68 bits per heavy atom. The number of fused-ring (bicyclic) bond motifs is 2. The number of nitrogens with zero attached hydrogens (tertiary/aromatic N) is 1. The van der Waals surface area contributed by atoms with E-state index in [0.717, 1.165) is 23.7 Å². The molecule has 3 N–H and O–H groups in total. The molecule has 3 rings (SSSR count). The normalized spacial score (nSPS) is 25.1. The van der Waals surface area contributed by atoms with Crippen LogP contribution in [0.4, 0.5) is 16.2 Å². The van der Waals surface area contributed by atoms with Crippen LogP contribution >= 0.6 is 15.9 Å². The molecule has 6 nitrogen and oxygen atoms in total. The number of anilines is 2. The summed E-state index contributed by atoms with van der Waals surface area (Å²) in [5.74, 6) is -0.0266. The van der Waals surface area contributed by atoms with Crippen LogP contribution in [0.1, 0.15) is 40.0 Å². The van der Waals surface area contributed by atoms with E-state index in [9.17, 15) is 9.59 Å². The van der Waals surface area contributed by atoms with Gasteiger partial charge in [0, 0.05) is 10.5 Å². The Hall–Kier alpha value is -1.76. The third-order valence-electron chi connectivity index (χ3n) is 4.73. The molecular weight excluding hydrogens is 386 g/mol. The van der Waals surface area contributed by atoms with Gasteiger partial charge in [-0.3, -0.25) is 9.69 Å². The van der Waals surface area contributed by atoms with Gasteiger partial charge in [-0.05, 0) is 64.2 Å². The van der Waals surface area contributed by atoms with Crippen LogP contribution in [0.2, 0.25) is 0 Å². The zero-order valence-electron chi connectivity index (χ0n) is 14.7. The molecule has 1 aliphatic carbocycles. The summed E-state index contributed by atoms with van der Waals surface area (Å²) in [7, 11) is 0. The highest BCUT2D eigenvalue weighted by Crippen LogP contribution is 2.43. The second-order valence-corrected chi connectivity index (χ2v) is 8.70. The van der Waals surface area contributed by atoms with E-state index in [2.05, 4.69) is 21.2 Å². The summed E-state index contributed by atoms with van der Waals surface area (Å²) >= 11 is 3.35. The lowest BCUT2D eigenvalue weighted by atomic mass is 9.98. The summed E-state index contributed by atoms with van der Waals surface area (Å²) < 4.78 is 6.37. The van der Waals surface area contributed by atoms with Crippen molar-refractivity contribution < 1.29 is 14.3 Å². The number of piperidine rings is 1. The highest BCUT2D eigenvalue weighted by Gasteiger charge is 2.52. The van der Waals surface area contributed by atoms with Crippen molar-refractivity contribution in [2.45, 2.75) is 57.7 Å². The van der Waals surface area contributed by atoms with Crippen molar-refractivity contribution in [1.29, 1.82) is 0 Å². The van der Waals surface area contributed by atoms with E-state index in [1.807, 2.05) is 26.8 Å². The number of carbonyl (C=O) groups is 2. The number of nitrogens with two attached hydrogens (primary N) is 1. The topological polar surface area (TPSA) is 84.7 Å². The van der Waals surface area contributed by atoms with E-state index >= 15 is 0 Å². The van der Waals surface area contributed by atoms with Crippen molar-refractivity contribution in [3.8, 4) is 0 Å². The number of hydrogen-bond acceptors (Lipinski definition) is 4. The molecule has 2 fully saturated rings. The van der Waals surface area contributed by atoms with Gasteiger partial charge in [-0.25, -0.2) is 4.79 Å². The molecule has 3 atom stereocenters. The average Bonchev–Trinajstić information content (AvgIpc) is 3.09. The molecule has 1 aromatic carbocycles. The van der Waals surface area contributed by atoms with Crippen LogP contribution in [0.3, 0.4) is 0 Å². The fourth-order valence-electron chi connectivity index (χ4n) is 3.76. The molecular formula is C18H24BrN3O3. The van der Waals surface area contributed by atoms with Gasteiger partial charge in [0.15, 0.2) is 0 Å². The maximum absolute atomic E-state index is 12.9. The second-order valence-electron chi connectivity index (χ2n) is 7.78. The van der Waals surface area contributed by atoms with Crippen LogP contribution < -0.4 is 11.1 Å². The van der Waals surface area contributed by atoms with Crippen LogP contribution in [0.25, 0.3) is 0 Å². The van der Waals surface area contributed by atoms with Gasteiger partial charge in [0.1, 0.15) is 11.6 Å². The molecule has 1 aromatic rings. The predicted octanol–water partition coefficient (Wildman–Crippen LogP) is 3.76. The van der Waals surface area contributed by atoms with Gasteiger partial charge in [-0.1, -0.05) is 15.9 Å². The van der Waals surface area contributed by atoms with E-state index in [0.29, 0.717) is 11.4 Å². The largest absolute Gasteiger partial charge is 0.444 e. The molecule has 0 radical (unpaired) electrons. The highest BCUT2D eigenvalue weighted by molar-refractivity contribution is 9.10. The number of nitrogen functional groups attached to an aromatic ring is 1. The number of nitrogens with one attached hydrogen (secondary N) is 1. The zero-order chi connectivity index (χ0) is 18.4. The first kappa shape index (κ1) is 18.0. The van der Waals surface area contributed by atoms with Crippen molar-refractivity contribution in [2.75, 3.05) is 11.1 Å². The maximum Gasteiger partial charge on any atom is 0.411 e. The van der Waals surface area contributed by atoms with Crippen molar-refractivity contribution in [2.24, 2.45) is 5.92 Å². The average molecular weight is 410 g/mol. The van der Waals surface area contributed by atoms with E-state index < -0.39 is 17.7 Å². The molecule has 25 heavy (non-hydrogen) atoms. The van der Waals surface area contributed by atoms with Gasteiger partial charge < -0.3 is 15.8 Å². The molecule has 1 heterocycles. The quantitative estimate of drug-likeness (QED) is 0.728. The lowest BCUT2D eigenvalue weighted by Gasteiger charge is -2.35. The Bertz CT molecular complexity index is 701. The molecule has 1 aliphatic heterocycles. The van der Waals surface area contributed by atoms with Gasteiger partial charge in [0.25, 0.3) is 0 Å². The number of likely N-dealkylation sites (tertiary alicyclic amines) is 1. The molecule has 0 unspecified atom stereocenters. The number of halogens is 1. The number of carbonyl (C=O) groups excluding carboxylic acids is 2. The summed E-state index contributed by atoms with van der Waals surface area (Å²) in [5, 5.41) is 2.88. The van der Waals surface area contributed by atoms with E-state index in [-0.39, 0.29) is 17.9 Å². The van der Waals surface area contributed by atoms with Crippen molar-refractivity contribution in [3.63, 3.8) is 0 Å². The molecule has 2 aliphatic rings. The third kappa shape index (κ3) is 3.76. The summed E-state index contributed by atoms with van der Waals surface area (Å²) in [6.07, 6.45) is 2.32. The fraction of sp³-hybridized carbons (Fsp3) is 0.556. The first-order valence-corrected chi connectivity index (χ1v) is 9.32. The van der Waals surface area contributed by atoms with E-state index in [1.54, 1.807) is 17.0 Å². The number of amides is 2. The lowest BCUT2D eigenvalue weighted by molar-refractivity contribution is -0.122. The Morgan fingerprint density at radius 2 is 2.04 bits per heavy atom. The van der Waals surface area contributed by atoms with Crippen molar-refractivity contribution >= 4 is 39.3 Å². The number of ether oxygens (including phenoxy) is 1. The Kier molecular flexibility index (Phi) is 4.70. The molecule has 2 amide bonds. The van der Waals surface area contributed by atoms with Gasteiger partial charge >= 0.3 is 6.09 Å². The summed E-state index contributed by atoms with van der Waals surface area (Å²) in [5.41, 5.74) is 6.42. The molecule has 1 saturated carbocycles. The molecule has 1 saturated heterocycles.